The third-order valence-corrected chi connectivity index (χ3v) is 6.30. The van der Waals surface area contributed by atoms with Gasteiger partial charge in [-0.15, -0.1) is 0 Å². The van der Waals surface area contributed by atoms with Crippen molar-refractivity contribution in [1.82, 2.24) is 0 Å². The first kappa shape index (κ1) is 18.9. The number of hydrogen-bond donors (Lipinski definition) is 0. The van der Waals surface area contributed by atoms with Gasteiger partial charge in [-0.3, -0.25) is 0 Å². The minimum Gasteiger partial charge on any atom is -0.199 e. The zero-order chi connectivity index (χ0) is 19.5. The molecule has 138 valence electrons. The van der Waals surface area contributed by atoms with Gasteiger partial charge in [0, 0.05) is 0 Å². The molecule has 0 spiro atoms. The maximum atomic E-state index is 12.3. The lowest BCUT2D eigenvalue weighted by molar-refractivity contribution is 0.596. The molecular formula is C19H16N2O4S2. The molecule has 0 unspecified atom stereocenters. The van der Waals surface area contributed by atoms with E-state index in [-0.39, 0.29) is 21.2 Å². The Kier molecular flexibility index (Phi) is 5.20. The highest BCUT2D eigenvalue weighted by molar-refractivity contribution is 7.90. The first-order chi connectivity index (χ1) is 12.8. The molecule has 6 nitrogen and oxygen atoms in total. The molecule has 0 heterocycles. The molecule has 2 aromatic carbocycles. The molecule has 27 heavy (non-hydrogen) atoms. The number of allylic oxidation sites excluding steroid dienone is 4. The van der Waals surface area contributed by atoms with Crippen molar-refractivity contribution < 1.29 is 16.8 Å². The van der Waals surface area contributed by atoms with E-state index < -0.39 is 20.0 Å². The Morgan fingerprint density at radius 1 is 0.593 bits per heavy atom. The van der Waals surface area contributed by atoms with Crippen LogP contribution in [0.1, 0.15) is 5.56 Å². The van der Waals surface area contributed by atoms with Gasteiger partial charge in [-0.1, -0.05) is 35.9 Å². The first-order valence-electron chi connectivity index (χ1n) is 7.94. The third-order valence-electron chi connectivity index (χ3n) is 3.66. The zero-order valence-corrected chi connectivity index (χ0v) is 16.0. The van der Waals surface area contributed by atoms with E-state index >= 15 is 0 Å². The summed E-state index contributed by atoms with van der Waals surface area (Å²) in [6.45, 7) is 1.86. The van der Waals surface area contributed by atoms with E-state index in [1.807, 2.05) is 6.92 Å². The van der Waals surface area contributed by atoms with Gasteiger partial charge in [-0.05, 0) is 55.5 Å². The van der Waals surface area contributed by atoms with Crippen molar-refractivity contribution in [3.63, 3.8) is 0 Å². The van der Waals surface area contributed by atoms with Gasteiger partial charge in [0.2, 0.25) is 0 Å². The summed E-state index contributed by atoms with van der Waals surface area (Å²) in [4.78, 5) is 0.175. The Morgan fingerprint density at radius 2 is 1.00 bits per heavy atom. The molecule has 0 amide bonds. The lowest BCUT2D eigenvalue weighted by Gasteiger charge is -2.04. The number of sulfonamides is 2. The van der Waals surface area contributed by atoms with Crippen LogP contribution >= 0.6 is 0 Å². The van der Waals surface area contributed by atoms with E-state index in [0.717, 1.165) is 5.56 Å². The molecule has 0 radical (unpaired) electrons. The van der Waals surface area contributed by atoms with Gasteiger partial charge in [0.1, 0.15) is 0 Å². The smallest absolute Gasteiger partial charge is 0.199 e. The van der Waals surface area contributed by atoms with E-state index in [1.165, 1.54) is 48.6 Å². The van der Waals surface area contributed by atoms with Gasteiger partial charge in [-0.2, -0.15) is 25.6 Å². The van der Waals surface area contributed by atoms with Crippen LogP contribution in [0.15, 0.2) is 97.5 Å². The second-order valence-corrected chi connectivity index (χ2v) is 8.98. The molecule has 1 aliphatic carbocycles. The Hall–Kier alpha value is -2.84. The summed E-state index contributed by atoms with van der Waals surface area (Å²) in [7, 11) is -7.68. The normalized spacial score (nSPS) is 14.3. The molecule has 0 fully saturated rings. The SMILES string of the molecule is Cc1ccc(S(=O)(=O)N=C2C=CC(=NS(=O)(=O)c3ccccc3)C=C2)cc1. The Morgan fingerprint density at radius 3 is 1.44 bits per heavy atom. The maximum Gasteiger partial charge on any atom is 0.282 e. The molecule has 1 aliphatic rings. The molecule has 2 aromatic rings. The summed E-state index contributed by atoms with van der Waals surface area (Å²) >= 11 is 0. The fourth-order valence-corrected chi connectivity index (χ4v) is 4.25. The summed E-state index contributed by atoms with van der Waals surface area (Å²) in [5.41, 5.74) is 1.32. The lowest BCUT2D eigenvalue weighted by Crippen LogP contribution is -2.07. The number of hydrogen-bond acceptors (Lipinski definition) is 4. The van der Waals surface area contributed by atoms with Gasteiger partial charge in [0.25, 0.3) is 20.0 Å². The van der Waals surface area contributed by atoms with E-state index in [9.17, 15) is 16.8 Å². The van der Waals surface area contributed by atoms with Crippen molar-refractivity contribution >= 4 is 31.5 Å². The average molecular weight is 400 g/mol. The zero-order valence-electron chi connectivity index (χ0n) is 14.3. The average Bonchev–Trinajstić information content (AvgIpc) is 2.64. The molecule has 8 heteroatoms. The molecule has 0 aliphatic heterocycles. The monoisotopic (exact) mass is 400 g/mol. The molecule has 0 aromatic heterocycles. The molecule has 0 saturated heterocycles. The first-order valence-corrected chi connectivity index (χ1v) is 10.8. The van der Waals surface area contributed by atoms with Crippen LogP contribution in [0.3, 0.4) is 0 Å². The largest absolute Gasteiger partial charge is 0.282 e. The highest BCUT2D eigenvalue weighted by Crippen LogP contribution is 2.16. The minimum absolute atomic E-state index is 0.0840. The summed E-state index contributed by atoms with van der Waals surface area (Å²) in [5.74, 6) is 0. The van der Waals surface area contributed by atoms with Gasteiger partial charge < -0.3 is 0 Å². The van der Waals surface area contributed by atoms with Crippen LogP contribution in [0.25, 0.3) is 0 Å². The Labute approximate surface area is 158 Å². The van der Waals surface area contributed by atoms with Gasteiger partial charge in [0.05, 0.1) is 21.2 Å². The molecule has 0 atom stereocenters. The predicted octanol–water partition coefficient (Wildman–Crippen LogP) is 3.08. The number of aryl methyl sites for hydroxylation is 1. The van der Waals surface area contributed by atoms with Crippen molar-refractivity contribution in [3.05, 3.63) is 84.5 Å². The van der Waals surface area contributed by atoms with E-state index in [1.54, 1.807) is 30.3 Å². The standard InChI is InChI=1S/C19H16N2O4S2/c1-15-7-13-19(14-8-15)27(24,25)21-17-11-9-16(10-12-17)20-26(22,23)18-5-3-2-4-6-18/h2-14H,1H3. The van der Waals surface area contributed by atoms with E-state index in [2.05, 4.69) is 8.80 Å². The summed E-state index contributed by atoms with van der Waals surface area (Å²) in [6, 6.07) is 14.2. The molecule has 0 N–H and O–H groups in total. The summed E-state index contributed by atoms with van der Waals surface area (Å²) in [6.07, 6.45) is 5.63. The molecular weight excluding hydrogens is 384 g/mol. The Bertz CT molecular complexity index is 1160. The predicted molar refractivity (Wildman–Crippen MR) is 105 cm³/mol. The maximum absolute atomic E-state index is 12.3. The van der Waals surface area contributed by atoms with E-state index in [0.29, 0.717) is 0 Å². The fourth-order valence-electron chi connectivity index (χ4n) is 2.26. The van der Waals surface area contributed by atoms with Crippen molar-refractivity contribution in [2.24, 2.45) is 8.80 Å². The van der Waals surface area contributed by atoms with Crippen molar-refractivity contribution in [1.29, 1.82) is 0 Å². The van der Waals surface area contributed by atoms with E-state index in [4.69, 9.17) is 0 Å². The highest BCUT2D eigenvalue weighted by Gasteiger charge is 2.15. The minimum atomic E-state index is -3.84. The van der Waals surface area contributed by atoms with Crippen LogP contribution in [-0.4, -0.2) is 28.3 Å². The van der Waals surface area contributed by atoms with Crippen LogP contribution in [0.2, 0.25) is 0 Å². The van der Waals surface area contributed by atoms with Gasteiger partial charge in [-0.25, -0.2) is 0 Å². The van der Waals surface area contributed by atoms with Crippen molar-refractivity contribution in [2.45, 2.75) is 16.7 Å². The quantitative estimate of drug-likeness (QED) is 0.737. The lowest BCUT2D eigenvalue weighted by atomic mass is 10.1. The number of nitrogens with zero attached hydrogens (tertiary/aromatic N) is 2. The van der Waals surface area contributed by atoms with Gasteiger partial charge >= 0.3 is 0 Å². The second-order valence-electron chi connectivity index (χ2n) is 5.78. The van der Waals surface area contributed by atoms with Crippen LogP contribution < -0.4 is 0 Å². The highest BCUT2D eigenvalue weighted by atomic mass is 32.2. The van der Waals surface area contributed by atoms with Gasteiger partial charge in [0.15, 0.2) is 0 Å². The molecule has 0 bridgehead atoms. The second kappa shape index (κ2) is 7.42. The topological polar surface area (TPSA) is 93.0 Å². The van der Waals surface area contributed by atoms with Crippen LogP contribution in [0.4, 0.5) is 0 Å². The van der Waals surface area contributed by atoms with Crippen LogP contribution in [-0.2, 0) is 20.0 Å². The van der Waals surface area contributed by atoms with Crippen LogP contribution in [0, 0.1) is 6.92 Å². The molecule has 3 rings (SSSR count). The molecule has 0 saturated carbocycles. The fraction of sp³-hybridized carbons (Fsp3) is 0.0526. The van der Waals surface area contributed by atoms with Crippen molar-refractivity contribution in [3.8, 4) is 0 Å². The van der Waals surface area contributed by atoms with Crippen LogP contribution in [0.5, 0.6) is 0 Å². The summed E-state index contributed by atoms with van der Waals surface area (Å²) in [5, 5.41) is 0. The number of rotatable bonds is 4. The van der Waals surface area contributed by atoms with Crippen molar-refractivity contribution in [2.75, 3.05) is 0 Å². The Balaban J connectivity index is 1.84. The summed E-state index contributed by atoms with van der Waals surface area (Å²) < 4.78 is 56.7. The third kappa shape index (κ3) is 4.66. The number of benzene rings is 2.